The second kappa shape index (κ2) is 2.98. The zero-order valence-electron chi connectivity index (χ0n) is 9.71. The largest absolute Gasteiger partial charge is 0.342 e. The van der Waals surface area contributed by atoms with E-state index in [1.807, 2.05) is 4.90 Å². The van der Waals surface area contributed by atoms with Crippen molar-refractivity contribution in [1.29, 1.82) is 0 Å². The molecule has 0 radical (unpaired) electrons. The first-order chi connectivity index (χ1) is 6.39. The second-order valence-electron chi connectivity index (χ2n) is 6.07. The highest BCUT2D eigenvalue weighted by molar-refractivity contribution is 5.73. The fraction of sp³-hybridized carbons (Fsp3) is 0.917. The van der Waals surface area contributed by atoms with Gasteiger partial charge in [0.1, 0.15) is 0 Å². The van der Waals surface area contributed by atoms with Gasteiger partial charge in [-0.25, -0.2) is 0 Å². The van der Waals surface area contributed by atoms with Gasteiger partial charge >= 0.3 is 0 Å². The van der Waals surface area contributed by atoms with Crippen molar-refractivity contribution in [1.82, 2.24) is 4.90 Å². The van der Waals surface area contributed by atoms with Crippen LogP contribution in [0.15, 0.2) is 0 Å². The molecule has 80 valence electrons. The minimum atomic E-state index is 0.257. The summed E-state index contributed by atoms with van der Waals surface area (Å²) in [6.45, 7) is 10.7. The normalized spacial score (nSPS) is 36.6. The number of piperidine rings is 2. The number of carbonyl (C=O) groups excluding carboxylic acids is 1. The lowest BCUT2D eigenvalue weighted by Gasteiger charge is -2.58. The Hall–Kier alpha value is -0.530. The zero-order chi connectivity index (χ0) is 10.5. The van der Waals surface area contributed by atoms with Crippen LogP contribution in [0.4, 0.5) is 0 Å². The van der Waals surface area contributed by atoms with Crippen molar-refractivity contribution >= 4 is 5.91 Å². The van der Waals surface area contributed by atoms with Gasteiger partial charge in [-0.3, -0.25) is 4.79 Å². The molecule has 2 nitrogen and oxygen atoms in total. The molecule has 3 rings (SSSR count). The van der Waals surface area contributed by atoms with E-state index >= 15 is 0 Å². The SMILES string of the molecule is CC(=O)N1CC2CC(C1)C2C(C)(C)C. The molecule has 0 aromatic rings. The number of amides is 1. The van der Waals surface area contributed by atoms with Gasteiger partial charge in [-0.05, 0) is 29.6 Å². The van der Waals surface area contributed by atoms with E-state index in [-0.39, 0.29) is 5.91 Å². The van der Waals surface area contributed by atoms with E-state index in [2.05, 4.69) is 20.8 Å². The average molecular weight is 195 g/mol. The minimum Gasteiger partial charge on any atom is -0.342 e. The van der Waals surface area contributed by atoms with Gasteiger partial charge < -0.3 is 4.90 Å². The molecular weight excluding hydrogens is 174 g/mol. The van der Waals surface area contributed by atoms with Crippen molar-refractivity contribution in [2.75, 3.05) is 13.1 Å². The van der Waals surface area contributed by atoms with E-state index in [4.69, 9.17) is 0 Å². The van der Waals surface area contributed by atoms with Gasteiger partial charge in [0, 0.05) is 20.0 Å². The molecule has 0 aromatic carbocycles. The summed E-state index contributed by atoms with van der Waals surface area (Å²) in [6, 6.07) is 0. The Balaban J connectivity index is 2.03. The summed E-state index contributed by atoms with van der Waals surface area (Å²) in [5.41, 5.74) is 0.427. The summed E-state index contributed by atoms with van der Waals surface area (Å²) in [5, 5.41) is 0. The van der Waals surface area contributed by atoms with Gasteiger partial charge in [0.2, 0.25) is 5.91 Å². The Labute approximate surface area is 86.7 Å². The van der Waals surface area contributed by atoms with Crippen LogP contribution in [0.3, 0.4) is 0 Å². The topological polar surface area (TPSA) is 20.3 Å². The Morgan fingerprint density at radius 2 is 1.71 bits per heavy atom. The van der Waals surface area contributed by atoms with E-state index in [0.29, 0.717) is 5.41 Å². The third-order valence-electron chi connectivity index (χ3n) is 3.98. The van der Waals surface area contributed by atoms with E-state index < -0.39 is 0 Å². The minimum absolute atomic E-state index is 0.257. The van der Waals surface area contributed by atoms with E-state index in [1.54, 1.807) is 6.92 Å². The number of hydrogen-bond donors (Lipinski definition) is 0. The van der Waals surface area contributed by atoms with Crippen LogP contribution in [-0.2, 0) is 4.79 Å². The fourth-order valence-corrected chi connectivity index (χ4v) is 3.56. The van der Waals surface area contributed by atoms with E-state index in [9.17, 15) is 4.79 Å². The molecule has 1 saturated carbocycles. The molecular formula is C12H21NO. The average Bonchev–Trinajstić information content (AvgIpc) is 2.00. The number of hydrogen-bond acceptors (Lipinski definition) is 1. The molecule has 2 bridgehead atoms. The van der Waals surface area contributed by atoms with E-state index in [0.717, 1.165) is 30.8 Å². The van der Waals surface area contributed by atoms with Gasteiger partial charge in [0.05, 0.1) is 0 Å². The Morgan fingerprint density at radius 3 is 2.07 bits per heavy atom. The predicted molar refractivity (Wildman–Crippen MR) is 56.8 cm³/mol. The van der Waals surface area contributed by atoms with Crippen LogP contribution in [0, 0.1) is 23.2 Å². The maximum atomic E-state index is 11.2. The first-order valence-corrected chi connectivity index (χ1v) is 5.65. The smallest absolute Gasteiger partial charge is 0.219 e. The van der Waals surface area contributed by atoms with Crippen LogP contribution in [0.25, 0.3) is 0 Å². The van der Waals surface area contributed by atoms with Crippen molar-refractivity contribution in [3.63, 3.8) is 0 Å². The quantitative estimate of drug-likeness (QED) is 0.580. The predicted octanol–water partition coefficient (Wildman–Crippen LogP) is 2.15. The van der Waals surface area contributed by atoms with Gasteiger partial charge in [-0.15, -0.1) is 0 Å². The molecule has 0 spiro atoms. The van der Waals surface area contributed by atoms with Crippen molar-refractivity contribution in [3.8, 4) is 0 Å². The van der Waals surface area contributed by atoms with Crippen LogP contribution in [0.5, 0.6) is 0 Å². The second-order valence-corrected chi connectivity index (χ2v) is 6.07. The lowest BCUT2D eigenvalue weighted by Crippen LogP contribution is -2.59. The molecule has 2 heteroatoms. The number of carbonyl (C=O) groups is 1. The van der Waals surface area contributed by atoms with E-state index in [1.165, 1.54) is 6.42 Å². The van der Waals surface area contributed by atoms with Gasteiger partial charge in [0.25, 0.3) is 0 Å². The molecule has 3 fully saturated rings. The maximum Gasteiger partial charge on any atom is 0.219 e. The van der Waals surface area contributed by atoms with Crippen molar-refractivity contribution in [2.24, 2.45) is 23.2 Å². The first-order valence-electron chi connectivity index (χ1n) is 5.65. The van der Waals surface area contributed by atoms with Crippen molar-refractivity contribution in [2.45, 2.75) is 34.1 Å². The van der Waals surface area contributed by atoms with Crippen molar-refractivity contribution < 1.29 is 4.79 Å². The molecule has 2 atom stereocenters. The summed E-state index contributed by atoms with van der Waals surface area (Å²) < 4.78 is 0. The molecule has 2 heterocycles. The molecule has 0 N–H and O–H groups in total. The summed E-state index contributed by atoms with van der Waals surface area (Å²) in [7, 11) is 0. The Kier molecular flexibility index (Phi) is 2.13. The molecule has 2 aliphatic heterocycles. The number of fused-ring (bicyclic) bond motifs is 2. The lowest BCUT2D eigenvalue weighted by atomic mass is 9.53. The molecule has 3 aliphatic rings. The highest BCUT2D eigenvalue weighted by atomic mass is 16.2. The van der Waals surface area contributed by atoms with Crippen LogP contribution in [-0.4, -0.2) is 23.9 Å². The standard InChI is InChI=1S/C12H21NO/c1-8(14)13-6-9-5-10(7-13)11(9)12(2,3)4/h9-11H,5-7H2,1-4H3. The highest BCUT2D eigenvalue weighted by Crippen LogP contribution is 2.53. The maximum absolute atomic E-state index is 11.2. The summed E-state index contributed by atoms with van der Waals surface area (Å²) >= 11 is 0. The van der Waals surface area contributed by atoms with Crippen LogP contribution >= 0.6 is 0 Å². The summed E-state index contributed by atoms with van der Waals surface area (Å²) in [6.07, 6.45) is 1.35. The first kappa shape index (κ1) is 10.0. The highest BCUT2D eigenvalue weighted by Gasteiger charge is 2.51. The molecule has 2 unspecified atom stereocenters. The van der Waals surface area contributed by atoms with Gasteiger partial charge in [0.15, 0.2) is 0 Å². The van der Waals surface area contributed by atoms with Gasteiger partial charge in [-0.2, -0.15) is 0 Å². The molecule has 14 heavy (non-hydrogen) atoms. The Bertz CT molecular complexity index is 242. The van der Waals surface area contributed by atoms with Crippen LogP contribution in [0.2, 0.25) is 0 Å². The summed E-state index contributed by atoms with van der Waals surface area (Å²) in [4.78, 5) is 13.3. The monoisotopic (exact) mass is 195 g/mol. The Morgan fingerprint density at radius 1 is 1.21 bits per heavy atom. The zero-order valence-corrected chi connectivity index (χ0v) is 9.71. The molecule has 1 amide bonds. The number of nitrogens with zero attached hydrogens (tertiary/aromatic N) is 1. The summed E-state index contributed by atoms with van der Waals surface area (Å²) in [5.74, 6) is 2.65. The molecule has 2 saturated heterocycles. The fourth-order valence-electron chi connectivity index (χ4n) is 3.56. The number of rotatable bonds is 0. The van der Waals surface area contributed by atoms with Crippen molar-refractivity contribution in [3.05, 3.63) is 0 Å². The molecule has 0 aromatic heterocycles. The third-order valence-corrected chi connectivity index (χ3v) is 3.98. The van der Waals surface area contributed by atoms with Crippen LogP contribution < -0.4 is 0 Å². The van der Waals surface area contributed by atoms with Crippen LogP contribution in [0.1, 0.15) is 34.1 Å². The molecule has 1 aliphatic carbocycles. The third kappa shape index (κ3) is 1.45. The van der Waals surface area contributed by atoms with Gasteiger partial charge in [-0.1, -0.05) is 20.8 Å². The lowest BCUT2D eigenvalue weighted by molar-refractivity contribution is -0.146.